The van der Waals surface area contributed by atoms with Crippen LogP contribution in [0.25, 0.3) is 0 Å². The number of nitrogens with zero attached hydrogens (tertiary/aromatic N) is 2. The first-order valence-corrected chi connectivity index (χ1v) is 8.95. The van der Waals surface area contributed by atoms with Crippen LogP contribution in [0.5, 0.6) is 0 Å². The van der Waals surface area contributed by atoms with Crippen LogP contribution in [0.2, 0.25) is 4.34 Å². The van der Waals surface area contributed by atoms with E-state index >= 15 is 0 Å². The van der Waals surface area contributed by atoms with E-state index in [1.54, 1.807) is 11.3 Å². The molecule has 0 fully saturated rings. The van der Waals surface area contributed by atoms with Gasteiger partial charge >= 0.3 is 0 Å². The molecule has 1 aliphatic carbocycles. The van der Waals surface area contributed by atoms with Crippen molar-refractivity contribution in [1.29, 1.82) is 5.26 Å². The molecule has 2 nitrogen and oxygen atoms in total. The van der Waals surface area contributed by atoms with Crippen LogP contribution in [-0.4, -0.2) is 5.71 Å². The molecule has 1 unspecified atom stereocenters. The molecule has 2 heterocycles. The lowest BCUT2D eigenvalue weighted by molar-refractivity contribution is 0.507. The molecule has 0 bridgehead atoms. The second kappa shape index (κ2) is 5.92. The van der Waals surface area contributed by atoms with E-state index in [-0.39, 0.29) is 0 Å². The third kappa shape index (κ3) is 2.91. The quantitative estimate of drug-likeness (QED) is 0.658. The Morgan fingerprint density at radius 1 is 1.43 bits per heavy atom. The van der Waals surface area contributed by atoms with Crippen molar-refractivity contribution >= 4 is 45.0 Å². The van der Waals surface area contributed by atoms with Crippen molar-refractivity contribution in [2.45, 2.75) is 33.1 Å². The van der Waals surface area contributed by atoms with Crippen LogP contribution in [0, 0.1) is 17.2 Å². The molecule has 1 aliphatic rings. The molecule has 3 rings (SSSR count). The van der Waals surface area contributed by atoms with Gasteiger partial charge in [-0.15, -0.1) is 22.7 Å². The van der Waals surface area contributed by atoms with Crippen molar-refractivity contribution in [3.8, 4) is 6.07 Å². The molecule has 0 aliphatic heterocycles. The maximum Gasteiger partial charge on any atom is 0.134 e. The monoisotopic (exact) mass is 334 g/mol. The van der Waals surface area contributed by atoms with E-state index in [0.29, 0.717) is 5.92 Å². The maximum atomic E-state index is 9.49. The topological polar surface area (TPSA) is 36.1 Å². The van der Waals surface area contributed by atoms with Gasteiger partial charge < -0.3 is 0 Å². The normalized spacial score (nSPS) is 18.4. The molecular formula is C16H15ClN2S2. The molecule has 5 heteroatoms. The van der Waals surface area contributed by atoms with E-state index in [1.165, 1.54) is 28.2 Å². The zero-order chi connectivity index (χ0) is 15.0. The molecule has 0 saturated heterocycles. The molecule has 0 N–H and O–H groups in total. The highest BCUT2D eigenvalue weighted by Crippen LogP contribution is 2.41. The first kappa shape index (κ1) is 14.8. The number of hydrogen-bond donors (Lipinski definition) is 0. The molecular weight excluding hydrogens is 320 g/mol. The summed E-state index contributed by atoms with van der Waals surface area (Å²) in [6.45, 7) is 4.25. The van der Waals surface area contributed by atoms with Gasteiger partial charge in [-0.2, -0.15) is 5.26 Å². The average molecular weight is 335 g/mol. The Morgan fingerprint density at radius 3 is 2.90 bits per heavy atom. The molecule has 21 heavy (non-hydrogen) atoms. The highest BCUT2D eigenvalue weighted by molar-refractivity contribution is 7.18. The summed E-state index contributed by atoms with van der Waals surface area (Å²) in [4.78, 5) is 7.11. The summed E-state index contributed by atoms with van der Waals surface area (Å²) >= 11 is 9.18. The lowest BCUT2D eigenvalue weighted by Gasteiger charge is -2.17. The molecule has 108 valence electrons. The zero-order valence-corrected chi connectivity index (χ0v) is 14.3. The van der Waals surface area contributed by atoms with Crippen LogP contribution < -0.4 is 0 Å². The molecule has 0 aromatic carbocycles. The van der Waals surface area contributed by atoms with E-state index in [0.717, 1.165) is 38.3 Å². The van der Waals surface area contributed by atoms with Gasteiger partial charge in [0, 0.05) is 9.75 Å². The number of aliphatic imine (C=N–C) groups is 1. The molecule has 1 atom stereocenters. The summed E-state index contributed by atoms with van der Waals surface area (Å²) in [5.41, 5.74) is 2.94. The first-order chi connectivity index (χ1) is 10.1. The van der Waals surface area contributed by atoms with Crippen LogP contribution in [0.15, 0.2) is 17.1 Å². The maximum absolute atomic E-state index is 9.49. The second-order valence-corrected chi connectivity index (χ2v) is 8.24. The summed E-state index contributed by atoms with van der Waals surface area (Å²) < 4.78 is 0.763. The molecule has 0 amide bonds. The minimum Gasteiger partial charge on any atom is -0.240 e. The minimum absolute atomic E-state index is 0.705. The lowest BCUT2D eigenvalue weighted by atomic mass is 9.89. The van der Waals surface area contributed by atoms with Crippen molar-refractivity contribution < 1.29 is 0 Å². The Labute approximate surface area is 137 Å². The van der Waals surface area contributed by atoms with Gasteiger partial charge in [0.2, 0.25) is 0 Å². The molecule has 0 radical (unpaired) electrons. The van der Waals surface area contributed by atoms with Crippen LogP contribution >= 0.6 is 34.3 Å². The van der Waals surface area contributed by atoms with E-state index in [9.17, 15) is 5.26 Å². The predicted octanol–water partition coefficient (Wildman–Crippen LogP) is 5.60. The number of rotatable bonds is 2. The summed E-state index contributed by atoms with van der Waals surface area (Å²) in [5.74, 6) is 0.705. The number of fused-ring (bicyclic) bond motifs is 1. The molecule has 2 aromatic heterocycles. The fourth-order valence-corrected chi connectivity index (χ4v) is 5.02. The van der Waals surface area contributed by atoms with E-state index in [4.69, 9.17) is 16.6 Å². The smallest absolute Gasteiger partial charge is 0.134 e. The third-order valence-electron chi connectivity index (χ3n) is 3.80. The van der Waals surface area contributed by atoms with Crippen molar-refractivity contribution in [3.63, 3.8) is 0 Å². The largest absolute Gasteiger partial charge is 0.240 e. The Kier molecular flexibility index (Phi) is 4.17. The average Bonchev–Trinajstić information content (AvgIpc) is 3.01. The second-order valence-electron chi connectivity index (χ2n) is 5.44. The standard InChI is InChI=1S/C16H15ClN2S2/c1-9-3-4-11-12(8-18)16(21-14(11)7-9)19-10(2)13-5-6-15(17)20-13/h5-6,9H,3-4,7H2,1-2H3. The van der Waals surface area contributed by atoms with E-state index < -0.39 is 0 Å². The van der Waals surface area contributed by atoms with E-state index in [1.807, 2.05) is 19.1 Å². The van der Waals surface area contributed by atoms with Gasteiger partial charge in [-0.25, -0.2) is 4.99 Å². The van der Waals surface area contributed by atoms with Crippen LogP contribution in [-0.2, 0) is 12.8 Å². The third-order valence-corrected chi connectivity index (χ3v) is 6.29. The van der Waals surface area contributed by atoms with Gasteiger partial charge in [0.25, 0.3) is 0 Å². The number of nitriles is 1. The highest BCUT2D eigenvalue weighted by atomic mass is 35.5. The Morgan fingerprint density at radius 2 is 2.24 bits per heavy atom. The van der Waals surface area contributed by atoms with Gasteiger partial charge in [-0.1, -0.05) is 18.5 Å². The first-order valence-electron chi connectivity index (χ1n) is 6.94. The summed E-state index contributed by atoms with van der Waals surface area (Å²) in [5, 5.41) is 10.3. The van der Waals surface area contributed by atoms with Crippen LogP contribution in [0.1, 0.15) is 41.1 Å². The number of halogens is 1. The van der Waals surface area contributed by atoms with Crippen molar-refractivity contribution in [2.75, 3.05) is 0 Å². The van der Waals surface area contributed by atoms with Gasteiger partial charge in [0.05, 0.1) is 15.6 Å². The fraction of sp³-hybridized carbons (Fsp3) is 0.375. The number of thiophene rings is 2. The molecule has 0 saturated carbocycles. The van der Waals surface area contributed by atoms with Gasteiger partial charge in [0.15, 0.2) is 0 Å². The highest BCUT2D eigenvalue weighted by Gasteiger charge is 2.23. The lowest BCUT2D eigenvalue weighted by Crippen LogP contribution is -2.09. The van der Waals surface area contributed by atoms with Crippen LogP contribution in [0.3, 0.4) is 0 Å². The van der Waals surface area contributed by atoms with Gasteiger partial charge in [0.1, 0.15) is 11.1 Å². The summed E-state index contributed by atoms with van der Waals surface area (Å²) in [6, 6.07) is 6.22. The molecule has 2 aromatic rings. The Bertz CT molecular complexity index is 749. The summed E-state index contributed by atoms with van der Waals surface area (Å²) in [7, 11) is 0. The van der Waals surface area contributed by atoms with Gasteiger partial charge in [-0.3, -0.25) is 0 Å². The van der Waals surface area contributed by atoms with Crippen molar-refractivity contribution in [3.05, 3.63) is 37.4 Å². The minimum atomic E-state index is 0.705. The molecule has 0 spiro atoms. The van der Waals surface area contributed by atoms with Gasteiger partial charge in [-0.05, 0) is 49.8 Å². The zero-order valence-electron chi connectivity index (χ0n) is 11.9. The summed E-state index contributed by atoms with van der Waals surface area (Å²) in [6.07, 6.45) is 3.25. The van der Waals surface area contributed by atoms with Crippen LogP contribution in [0.4, 0.5) is 5.00 Å². The Hall–Kier alpha value is -1.15. The predicted molar refractivity (Wildman–Crippen MR) is 91.4 cm³/mol. The number of hydrogen-bond acceptors (Lipinski definition) is 4. The fourth-order valence-electron chi connectivity index (χ4n) is 2.65. The SMILES string of the molecule is CC(=Nc1sc2c(c1C#N)CCC(C)C2)c1ccc(Cl)s1. The van der Waals surface area contributed by atoms with Crippen molar-refractivity contribution in [2.24, 2.45) is 10.9 Å². The van der Waals surface area contributed by atoms with E-state index in [2.05, 4.69) is 13.0 Å². The van der Waals surface area contributed by atoms with Crippen molar-refractivity contribution in [1.82, 2.24) is 0 Å². The Balaban J connectivity index is 2.01.